The summed E-state index contributed by atoms with van der Waals surface area (Å²) < 4.78 is 6.05. The van der Waals surface area contributed by atoms with Gasteiger partial charge in [0.05, 0.1) is 0 Å². The molecule has 4 nitrogen and oxygen atoms in total. The normalized spacial score (nSPS) is 16.7. The zero-order chi connectivity index (χ0) is 25.4. The van der Waals surface area contributed by atoms with Gasteiger partial charge in [-0.05, 0) is 68.7 Å². The fourth-order valence-corrected chi connectivity index (χ4v) is 5.10. The highest BCUT2D eigenvalue weighted by molar-refractivity contribution is 5.68. The molecule has 1 N–H and O–H groups in total. The van der Waals surface area contributed by atoms with Gasteiger partial charge in [-0.2, -0.15) is 0 Å². The van der Waals surface area contributed by atoms with Gasteiger partial charge in [0.2, 0.25) is 0 Å². The molecule has 4 heteroatoms. The van der Waals surface area contributed by atoms with Gasteiger partial charge in [0.15, 0.2) is 0 Å². The number of carbonyl (C=O) groups excluding carboxylic acids is 1. The lowest BCUT2D eigenvalue weighted by atomic mass is 9.90. The maximum atomic E-state index is 12.8. The van der Waals surface area contributed by atoms with E-state index in [1.54, 1.807) is 0 Å². The fraction of sp³-hybridized carbons (Fsp3) is 0.406. The third-order valence-electron chi connectivity index (χ3n) is 6.80. The van der Waals surface area contributed by atoms with E-state index in [1.165, 1.54) is 22.3 Å². The van der Waals surface area contributed by atoms with Crippen LogP contribution in [0.5, 0.6) is 0 Å². The van der Waals surface area contributed by atoms with E-state index in [0.29, 0.717) is 12.5 Å². The standard InChI is InChI=1S/C32H40N2O2/c1-32(2,3)33-31(35)36-30(21-26-15-8-5-9-16-26)24-34-23-28-19-11-10-18-27(28)22-29(34)20-12-17-25-13-6-4-7-14-25/h4-11,13-16,18-19,29-30H,12,17,20-24H2,1-3H3,(H,33,35). The fourth-order valence-electron chi connectivity index (χ4n) is 5.10. The quantitative estimate of drug-likeness (QED) is 0.373. The molecule has 190 valence electrons. The lowest BCUT2D eigenvalue weighted by molar-refractivity contribution is 0.0443. The van der Waals surface area contributed by atoms with E-state index < -0.39 is 0 Å². The second kappa shape index (κ2) is 12.2. The largest absolute Gasteiger partial charge is 0.445 e. The minimum absolute atomic E-state index is 0.225. The number of aryl methyl sites for hydroxylation is 1. The predicted octanol–water partition coefficient (Wildman–Crippen LogP) is 6.57. The average Bonchev–Trinajstić information content (AvgIpc) is 2.84. The van der Waals surface area contributed by atoms with E-state index in [1.807, 2.05) is 39.0 Å². The van der Waals surface area contributed by atoms with Crippen molar-refractivity contribution in [2.45, 2.75) is 77.1 Å². The summed E-state index contributed by atoms with van der Waals surface area (Å²) in [5.41, 5.74) is 5.07. The van der Waals surface area contributed by atoms with Gasteiger partial charge in [-0.1, -0.05) is 84.9 Å². The Morgan fingerprint density at radius 1 is 0.917 bits per heavy atom. The third-order valence-corrected chi connectivity index (χ3v) is 6.80. The Labute approximate surface area is 216 Å². The smallest absolute Gasteiger partial charge is 0.407 e. The first kappa shape index (κ1) is 26.0. The van der Waals surface area contributed by atoms with Gasteiger partial charge >= 0.3 is 6.09 Å². The second-order valence-corrected chi connectivity index (χ2v) is 11.0. The summed E-state index contributed by atoms with van der Waals surface area (Å²) in [7, 11) is 0. The van der Waals surface area contributed by atoms with Crippen LogP contribution in [-0.4, -0.2) is 35.2 Å². The molecule has 2 unspecified atom stereocenters. The molecular weight excluding hydrogens is 444 g/mol. The van der Waals surface area contributed by atoms with E-state index in [0.717, 1.165) is 38.8 Å². The summed E-state index contributed by atoms with van der Waals surface area (Å²) in [4.78, 5) is 15.3. The molecule has 1 heterocycles. The first-order chi connectivity index (χ1) is 17.4. The lowest BCUT2D eigenvalue weighted by Gasteiger charge is -2.39. The molecule has 0 fully saturated rings. The van der Waals surface area contributed by atoms with Crippen molar-refractivity contribution in [2.75, 3.05) is 6.54 Å². The molecule has 0 bridgehead atoms. The summed E-state index contributed by atoms with van der Waals surface area (Å²) in [5.74, 6) is 0. The van der Waals surface area contributed by atoms with Gasteiger partial charge in [0.25, 0.3) is 0 Å². The highest BCUT2D eigenvalue weighted by Crippen LogP contribution is 2.27. The topological polar surface area (TPSA) is 41.6 Å². The first-order valence-electron chi connectivity index (χ1n) is 13.2. The molecule has 0 saturated carbocycles. The Hall–Kier alpha value is -3.11. The molecule has 3 aromatic rings. The Morgan fingerprint density at radius 3 is 2.19 bits per heavy atom. The highest BCUT2D eigenvalue weighted by Gasteiger charge is 2.29. The number of hydrogen-bond acceptors (Lipinski definition) is 3. The van der Waals surface area contributed by atoms with Crippen LogP contribution in [0.15, 0.2) is 84.9 Å². The number of nitrogens with zero attached hydrogens (tertiary/aromatic N) is 1. The molecule has 1 aliphatic rings. The number of benzene rings is 3. The zero-order valence-electron chi connectivity index (χ0n) is 22.0. The van der Waals surface area contributed by atoms with Crippen molar-refractivity contribution in [1.29, 1.82) is 0 Å². The van der Waals surface area contributed by atoms with Crippen molar-refractivity contribution in [3.63, 3.8) is 0 Å². The number of carbonyl (C=O) groups is 1. The molecule has 2 atom stereocenters. The minimum Gasteiger partial charge on any atom is -0.445 e. The molecule has 0 aromatic heterocycles. The number of nitrogens with one attached hydrogen (secondary N) is 1. The minimum atomic E-state index is -0.346. The van der Waals surface area contributed by atoms with Crippen LogP contribution < -0.4 is 5.32 Å². The number of amides is 1. The van der Waals surface area contributed by atoms with E-state index in [-0.39, 0.29) is 17.7 Å². The maximum Gasteiger partial charge on any atom is 0.407 e. The lowest BCUT2D eigenvalue weighted by Crippen LogP contribution is -2.48. The summed E-state index contributed by atoms with van der Waals surface area (Å²) in [6.45, 7) is 7.54. The van der Waals surface area contributed by atoms with Crippen LogP contribution in [0.25, 0.3) is 0 Å². The Morgan fingerprint density at radius 2 is 1.53 bits per heavy atom. The maximum absolute atomic E-state index is 12.8. The van der Waals surface area contributed by atoms with Gasteiger partial charge < -0.3 is 10.1 Å². The summed E-state index contributed by atoms with van der Waals surface area (Å²) >= 11 is 0. The highest BCUT2D eigenvalue weighted by atomic mass is 16.6. The molecular formula is C32H40N2O2. The van der Waals surface area contributed by atoms with E-state index in [2.05, 4.69) is 76.9 Å². The monoisotopic (exact) mass is 484 g/mol. The Kier molecular flexibility index (Phi) is 8.82. The molecule has 1 aliphatic heterocycles. The van der Waals surface area contributed by atoms with Crippen LogP contribution in [-0.2, 0) is 30.5 Å². The first-order valence-corrected chi connectivity index (χ1v) is 13.2. The van der Waals surface area contributed by atoms with Crippen molar-refractivity contribution in [2.24, 2.45) is 0 Å². The third kappa shape index (κ3) is 7.96. The molecule has 4 rings (SSSR count). The Balaban J connectivity index is 1.49. The average molecular weight is 485 g/mol. The number of alkyl carbamates (subject to hydrolysis) is 1. The molecule has 0 spiro atoms. The van der Waals surface area contributed by atoms with Crippen LogP contribution >= 0.6 is 0 Å². The van der Waals surface area contributed by atoms with E-state index in [4.69, 9.17) is 4.74 Å². The molecule has 36 heavy (non-hydrogen) atoms. The van der Waals surface area contributed by atoms with Crippen molar-refractivity contribution in [1.82, 2.24) is 10.2 Å². The van der Waals surface area contributed by atoms with Gasteiger partial charge in [0, 0.05) is 31.1 Å². The summed E-state index contributed by atoms with van der Waals surface area (Å²) in [6, 6.07) is 30.3. The summed E-state index contributed by atoms with van der Waals surface area (Å²) in [5, 5.41) is 2.97. The van der Waals surface area contributed by atoms with Crippen LogP contribution in [0.3, 0.4) is 0 Å². The Bertz CT molecular complexity index is 1090. The SMILES string of the molecule is CC(C)(C)NC(=O)OC(Cc1ccccc1)CN1Cc2ccccc2CC1CCCc1ccccc1. The molecule has 0 aliphatic carbocycles. The predicted molar refractivity (Wildman–Crippen MR) is 147 cm³/mol. The number of ether oxygens (including phenoxy) is 1. The van der Waals surface area contributed by atoms with Crippen LogP contribution in [0, 0.1) is 0 Å². The number of fused-ring (bicyclic) bond motifs is 1. The zero-order valence-corrected chi connectivity index (χ0v) is 22.0. The molecule has 1 amide bonds. The molecule has 0 radical (unpaired) electrons. The van der Waals surface area contributed by atoms with E-state index >= 15 is 0 Å². The van der Waals surface area contributed by atoms with Crippen LogP contribution in [0.2, 0.25) is 0 Å². The second-order valence-electron chi connectivity index (χ2n) is 11.0. The van der Waals surface area contributed by atoms with Gasteiger partial charge in [0.1, 0.15) is 6.10 Å². The van der Waals surface area contributed by atoms with Crippen LogP contribution in [0.4, 0.5) is 4.79 Å². The van der Waals surface area contributed by atoms with Gasteiger partial charge in [-0.15, -0.1) is 0 Å². The number of hydrogen-bond donors (Lipinski definition) is 1. The van der Waals surface area contributed by atoms with Gasteiger partial charge in [-0.25, -0.2) is 4.79 Å². The molecule has 0 saturated heterocycles. The van der Waals surface area contributed by atoms with Crippen molar-refractivity contribution in [3.05, 3.63) is 107 Å². The number of rotatable bonds is 9. The van der Waals surface area contributed by atoms with E-state index in [9.17, 15) is 4.79 Å². The van der Waals surface area contributed by atoms with Crippen LogP contribution in [0.1, 0.15) is 55.9 Å². The van der Waals surface area contributed by atoms with Crippen molar-refractivity contribution in [3.8, 4) is 0 Å². The molecule has 3 aromatic carbocycles. The van der Waals surface area contributed by atoms with Crippen molar-refractivity contribution < 1.29 is 9.53 Å². The summed E-state index contributed by atoms with van der Waals surface area (Å²) in [6.07, 6.45) is 4.52. The van der Waals surface area contributed by atoms with Gasteiger partial charge in [-0.3, -0.25) is 4.90 Å². The van der Waals surface area contributed by atoms with Crippen molar-refractivity contribution >= 4 is 6.09 Å².